The third kappa shape index (κ3) is 6.68. The minimum Gasteiger partial charge on any atom is -0.376 e. The molecule has 4 rings (SSSR count). The van der Waals surface area contributed by atoms with Gasteiger partial charge in [-0.3, -0.25) is 0 Å². The van der Waals surface area contributed by atoms with E-state index < -0.39 is 0 Å². The summed E-state index contributed by atoms with van der Waals surface area (Å²) < 4.78 is 8.16. The number of nitrogens with zero attached hydrogens (tertiary/aromatic N) is 4. The van der Waals surface area contributed by atoms with Crippen LogP contribution in [0.25, 0.3) is 0 Å². The Morgan fingerprint density at radius 3 is 2.73 bits per heavy atom. The van der Waals surface area contributed by atoms with E-state index in [0.29, 0.717) is 19.1 Å². The highest BCUT2D eigenvalue weighted by atomic mass is 16.5. The topological polar surface area (TPSA) is 54.7 Å². The molecule has 2 heterocycles. The molecule has 0 amide bonds. The van der Waals surface area contributed by atoms with E-state index in [9.17, 15) is 0 Å². The van der Waals surface area contributed by atoms with Crippen molar-refractivity contribution >= 4 is 5.96 Å². The molecule has 0 aliphatic carbocycles. The molecule has 174 valence electrons. The van der Waals surface area contributed by atoms with E-state index in [-0.39, 0.29) is 0 Å². The molecule has 0 saturated carbocycles. The Kier molecular flexibility index (Phi) is 8.14. The lowest BCUT2D eigenvalue weighted by atomic mass is 10.1. The Balaban J connectivity index is 1.31. The number of hydrogen-bond acceptors (Lipinski definition) is 3. The summed E-state index contributed by atoms with van der Waals surface area (Å²) in [6, 6.07) is 19.1. The summed E-state index contributed by atoms with van der Waals surface area (Å²) in [7, 11) is 0. The lowest BCUT2D eigenvalue weighted by molar-refractivity contribution is 0.0906. The van der Waals surface area contributed by atoms with Crippen molar-refractivity contribution < 1.29 is 4.74 Å². The van der Waals surface area contributed by atoms with Crippen molar-refractivity contribution in [1.29, 1.82) is 0 Å². The molecule has 33 heavy (non-hydrogen) atoms. The van der Waals surface area contributed by atoms with Gasteiger partial charge in [0.25, 0.3) is 0 Å². The van der Waals surface area contributed by atoms with E-state index in [0.717, 1.165) is 51.0 Å². The number of aliphatic imine (C=N–C) groups is 1. The van der Waals surface area contributed by atoms with E-state index in [1.54, 1.807) is 0 Å². The van der Waals surface area contributed by atoms with Crippen LogP contribution in [0.5, 0.6) is 0 Å². The van der Waals surface area contributed by atoms with Gasteiger partial charge >= 0.3 is 0 Å². The molecule has 2 aromatic carbocycles. The quantitative estimate of drug-likeness (QED) is 0.395. The number of hydrogen-bond donors (Lipinski definition) is 1. The minimum atomic E-state index is 0.541. The van der Waals surface area contributed by atoms with E-state index in [4.69, 9.17) is 9.73 Å². The van der Waals surface area contributed by atoms with Crippen molar-refractivity contribution in [2.75, 3.05) is 26.2 Å². The Labute approximate surface area is 197 Å². The molecular weight excluding hydrogens is 410 g/mol. The largest absolute Gasteiger partial charge is 0.376 e. The van der Waals surface area contributed by atoms with Gasteiger partial charge in [-0.1, -0.05) is 54.6 Å². The number of likely N-dealkylation sites (tertiary alicyclic amines) is 1. The summed E-state index contributed by atoms with van der Waals surface area (Å²) in [6.45, 7) is 10.0. The van der Waals surface area contributed by atoms with Crippen molar-refractivity contribution in [3.8, 4) is 0 Å². The molecule has 1 N–H and O–H groups in total. The van der Waals surface area contributed by atoms with Gasteiger partial charge in [-0.25, -0.2) is 9.98 Å². The fraction of sp³-hybridized carbons (Fsp3) is 0.407. The van der Waals surface area contributed by atoms with Crippen LogP contribution in [0.4, 0.5) is 0 Å². The van der Waals surface area contributed by atoms with Crippen LogP contribution in [-0.2, 0) is 24.4 Å². The molecule has 0 bridgehead atoms. The third-order valence-corrected chi connectivity index (χ3v) is 6.06. The highest BCUT2D eigenvalue weighted by Gasteiger charge is 2.25. The number of guanidine groups is 1. The lowest BCUT2D eigenvalue weighted by Crippen LogP contribution is -2.40. The zero-order chi connectivity index (χ0) is 22.9. The summed E-state index contributed by atoms with van der Waals surface area (Å²) in [5.41, 5.74) is 3.72. The summed E-state index contributed by atoms with van der Waals surface area (Å²) in [5, 5.41) is 3.48. The molecule has 6 nitrogen and oxygen atoms in total. The fourth-order valence-corrected chi connectivity index (χ4v) is 4.26. The van der Waals surface area contributed by atoms with E-state index in [1.807, 2.05) is 25.4 Å². The van der Waals surface area contributed by atoms with E-state index >= 15 is 0 Å². The van der Waals surface area contributed by atoms with Crippen molar-refractivity contribution in [2.45, 2.75) is 40.0 Å². The van der Waals surface area contributed by atoms with Crippen LogP contribution in [0.3, 0.4) is 0 Å². The number of ether oxygens (including phenoxy) is 1. The van der Waals surface area contributed by atoms with Gasteiger partial charge in [0.2, 0.25) is 0 Å². The smallest absolute Gasteiger partial charge is 0.194 e. The van der Waals surface area contributed by atoms with Gasteiger partial charge in [0.05, 0.1) is 19.8 Å². The van der Waals surface area contributed by atoms with Crippen LogP contribution in [0, 0.1) is 12.8 Å². The number of imidazole rings is 1. The lowest BCUT2D eigenvalue weighted by Gasteiger charge is -2.22. The molecule has 6 heteroatoms. The van der Waals surface area contributed by atoms with Crippen molar-refractivity contribution in [1.82, 2.24) is 19.8 Å². The highest BCUT2D eigenvalue weighted by molar-refractivity contribution is 5.80. The standard InChI is InChI=1S/C27H35N5O/c1-3-28-27(32-14-12-26(19-32)21-33-20-23-8-5-4-6-9-23)30-17-24-10-7-11-25(16-24)18-31-15-13-29-22(31)2/h4-11,13,15-16,26H,3,12,14,17-21H2,1-2H3,(H,28,30). The summed E-state index contributed by atoms with van der Waals surface area (Å²) in [4.78, 5) is 11.6. The number of aromatic nitrogens is 2. The maximum absolute atomic E-state index is 5.99. The van der Waals surface area contributed by atoms with E-state index in [2.05, 4.69) is 75.2 Å². The van der Waals surface area contributed by atoms with Gasteiger partial charge in [-0.15, -0.1) is 0 Å². The van der Waals surface area contributed by atoms with Gasteiger partial charge in [0.15, 0.2) is 5.96 Å². The van der Waals surface area contributed by atoms with Crippen LogP contribution in [0.2, 0.25) is 0 Å². The second-order valence-electron chi connectivity index (χ2n) is 8.69. The van der Waals surface area contributed by atoms with Crippen LogP contribution in [0.1, 0.15) is 35.9 Å². The summed E-state index contributed by atoms with van der Waals surface area (Å²) >= 11 is 0. The highest BCUT2D eigenvalue weighted by Crippen LogP contribution is 2.18. The van der Waals surface area contributed by atoms with Crippen LogP contribution in [0.15, 0.2) is 72.0 Å². The Morgan fingerprint density at radius 2 is 1.94 bits per heavy atom. The number of benzene rings is 2. The molecule has 1 aromatic heterocycles. The fourth-order valence-electron chi connectivity index (χ4n) is 4.26. The van der Waals surface area contributed by atoms with Crippen molar-refractivity contribution in [3.05, 3.63) is 89.5 Å². The van der Waals surface area contributed by atoms with Crippen LogP contribution < -0.4 is 5.32 Å². The van der Waals surface area contributed by atoms with Gasteiger partial charge < -0.3 is 19.5 Å². The average Bonchev–Trinajstić information content (AvgIpc) is 3.47. The molecular formula is C27H35N5O. The average molecular weight is 446 g/mol. The molecule has 1 saturated heterocycles. The molecule has 3 aromatic rings. The molecule has 1 fully saturated rings. The first-order valence-electron chi connectivity index (χ1n) is 11.9. The van der Waals surface area contributed by atoms with Crippen molar-refractivity contribution in [3.63, 3.8) is 0 Å². The Morgan fingerprint density at radius 1 is 1.12 bits per heavy atom. The Hall–Kier alpha value is -3.12. The number of aryl methyl sites for hydroxylation is 1. The van der Waals surface area contributed by atoms with Gasteiger partial charge in [-0.2, -0.15) is 0 Å². The number of rotatable bonds is 9. The molecule has 0 radical (unpaired) electrons. The molecule has 1 aliphatic heterocycles. The SMILES string of the molecule is CCNC(=NCc1cccc(Cn2ccnc2C)c1)N1CCC(COCc2ccccc2)C1. The minimum absolute atomic E-state index is 0.541. The predicted octanol–water partition coefficient (Wildman–Crippen LogP) is 4.24. The third-order valence-electron chi connectivity index (χ3n) is 6.06. The van der Waals surface area contributed by atoms with Crippen molar-refractivity contribution in [2.24, 2.45) is 10.9 Å². The predicted molar refractivity (Wildman–Crippen MR) is 133 cm³/mol. The maximum Gasteiger partial charge on any atom is 0.194 e. The second-order valence-corrected chi connectivity index (χ2v) is 8.69. The summed E-state index contributed by atoms with van der Waals surface area (Å²) in [5.74, 6) is 2.57. The molecule has 1 aliphatic rings. The van der Waals surface area contributed by atoms with Crippen LogP contribution >= 0.6 is 0 Å². The molecule has 1 unspecified atom stereocenters. The second kappa shape index (κ2) is 11.7. The first kappa shape index (κ1) is 23.1. The van der Waals surface area contributed by atoms with Crippen LogP contribution in [-0.4, -0.2) is 46.7 Å². The van der Waals surface area contributed by atoms with Gasteiger partial charge in [0.1, 0.15) is 5.82 Å². The maximum atomic E-state index is 5.99. The summed E-state index contributed by atoms with van der Waals surface area (Å²) in [6.07, 6.45) is 5.01. The molecule has 0 spiro atoms. The monoisotopic (exact) mass is 445 g/mol. The zero-order valence-electron chi connectivity index (χ0n) is 19.8. The first-order chi connectivity index (χ1) is 16.2. The Bertz CT molecular complexity index is 1030. The van der Waals surface area contributed by atoms with E-state index in [1.165, 1.54) is 16.7 Å². The zero-order valence-corrected chi connectivity index (χ0v) is 19.8. The van der Waals surface area contributed by atoms with Gasteiger partial charge in [-0.05, 0) is 37.0 Å². The van der Waals surface area contributed by atoms with Gasteiger partial charge in [0, 0.05) is 44.5 Å². The number of nitrogens with one attached hydrogen (secondary N) is 1. The normalized spacial score (nSPS) is 16.4. The first-order valence-corrected chi connectivity index (χ1v) is 11.9. The molecule has 1 atom stereocenters.